The van der Waals surface area contributed by atoms with Crippen LogP contribution < -0.4 is 5.73 Å². The van der Waals surface area contributed by atoms with Gasteiger partial charge >= 0.3 is 12.1 Å². The van der Waals surface area contributed by atoms with Crippen molar-refractivity contribution in [1.29, 1.82) is 0 Å². The molecule has 0 fully saturated rings. The Kier molecular flexibility index (Phi) is 4.60. The molecule has 0 aliphatic rings. The second kappa shape index (κ2) is 4.69. The number of halogens is 4. The van der Waals surface area contributed by atoms with Crippen molar-refractivity contribution in [2.24, 2.45) is 5.73 Å². The third kappa shape index (κ3) is 5.36. The van der Waals surface area contributed by atoms with Crippen LogP contribution in [0.25, 0.3) is 0 Å². The zero-order valence-electron chi connectivity index (χ0n) is 8.56. The van der Waals surface area contributed by atoms with E-state index in [0.29, 0.717) is 0 Å². The molecular formula is C8H13BrF3NO2. The molecule has 0 unspecified atom stereocenters. The summed E-state index contributed by atoms with van der Waals surface area (Å²) >= 11 is 2.58. The molecule has 0 spiro atoms. The van der Waals surface area contributed by atoms with Crippen LogP contribution in [0.3, 0.4) is 0 Å². The molecule has 0 saturated carbocycles. The van der Waals surface area contributed by atoms with Gasteiger partial charge in [-0.15, -0.1) is 0 Å². The fraction of sp³-hybridized carbons (Fsp3) is 0.875. The van der Waals surface area contributed by atoms with Gasteiger partial charge in [-0.3, -0.25) is 4.79 Å². The summed E-state index contributed by atoms with van der Waals surface area (Å²) in [4.78, 5) is 9.61. The molecule has 0 aliphatic carbocycles. The van der Waals surface area contributed by atoms with Crippen LogP contribution in [-0.2, 0) is 9.53 Å². The molecule has 3 nitrogen and oxygen atoms in total. The van der Waals surface area contributed by atoms with E-state index in [1.165, 1.54) is 0 Å². The normalized spacial score (nSPS) is 17.1. The van der Waals surface area contributed by atoms with Crippen molar-refractivity contribution in [1.82, 2.24) is 0 Å². The van der Waals surface area contributed by atoms with Crippen molar-refractivity contribution in [3.05, 3.63) is 0 Å². The van der Waals surface area contributed by atoms with Gasteiger partial charge in [0, 0.05) is 0 Å². The van der Waals surface area contributed by atoms with Crippen molar-refractivity contribution in [3.8, 4) is 0 Å². The zero-order valence-corrected chi connectivity index (χ0v) is 10.1. The van der Waals surface area contributed by atoms with Crippen molar-refractivity contribution in [2.75, 3.05) is 0 Å². The van der Waals surface area contributed by atoms with E-state index in [0.717, 1.165) is 0 Å². The third-order valence-corrected chi connectivity index (χ3v) is 2.27. The number of alkyl halides is 4. The summed E-state index contributed by atoms with van der Waals surface area (Å²) in [5.74, 6) is -1.02. The monoisotopic (exact) mass is 291 g/mol. The van der Waals surface area contributed by atoms with E-state index >= 15 is 0 Å². The van der Waals surface area contributed by atoms with Gasteiger partial charge in [-0.25, -0.2) is 0 Å². The Morgan fingerprint density at radius 1 is 1.33 bits per heavy atom. The van der Waals surface area contributed by atoms with Gasteiger partial charge in [0.05, 0.1) is 0 Å². The summed E-state index contributed by atoms with van der Waals surface area (Å²) in [6.45, 7) is 4.68. The van der Waals surface area contributed by atoms with Gasteiger partial charge < -0.3 is 10.5 Å². The lowest BCUT2D eigenvalue weighted by atomic mass is 10.1. The van der Waals surface area contributed by atoms with Gasteiger partial charge in [0.25, 0.3) is 0 Å². The maximum absolute atomic E-state index is 12.1. The number of hydrogen-bond donors (Lipinski definition) is 1. The summed E-state index contributed by atoms with van der Waals surface area (Å²) in [6, 6.07) is -2.27. The van der Waals surface area contributed by atoms with Crippen LogP contribution >= 0.6 is 15.9 Å². The molecule has 0 aromatic rings. The highest BCUT2D eigenvalue weighted by Crippen LogP contribution is 2.25. The predicted molar refractivity (Wildman–Crippen MR) is 52.6 cm³/mol. The second-order valence-corrected chi connectivity index (χ2v) is 4.99. The minimum atomic E-state index is -4.63. The van der Waals surface area contributed by atoms with Crippen molar-refractivity contribution >= 4 is 21.9 Å². The smallest absolute Gasteiger partial charge is 0.405 e. The van der Waals surface area contributed by atoms with Gasteiger partial charge in [0.15, 0.2) is 0 Å². The second-order valence-electron chi connectivity index (χ2n) is 4.00. The Labute approximate surface area is 94.3 Å². The van der Waals surface area contributed by atoms with Crippen LogP contribution in [0.4, 0.5) is 13.2 Å². The molecule has 7 heteroatoms. The molecular weight excluding hydrogens is 279 g/mol. The molecule has 2 atom stereocenters. The fourth-order valence-corrected chi connectivity index (χ4v) is 1.06. The minimum absolute atomic E-state index is 0.839. The maximum Gasteiger partial charge on any atom is 0.405 e. The van der Waals surface area contributed by atoms with Gasteiger partial charge in [0.1, 0.15) is 16.5 Å². The quantitative estimate of drug-likeness (QED) is 0.625. The van der Waals surface area contributed by atoms with Gasteiger partial charge in [-0.2, -0.15) is 13.2 Å². The number of hydrogen-bond acceptors (Lipinski definition) is 3. The summed E-state index contributed by atoms with van der Waals surface area (Å²) in [5, 5.41) is 0. The standard InChI is InChI=1S/C8H13BrF3NO2/c1-7(2,3)15-6(14)4(9)5(13)8(10,11)12/h4-5H,13H2,1-3H3/t4-,5+/m0/s1. The van der Waals surface area contributed by atoms with Crippen LogP contribution in [0, 0.1) is 0 Å². The number of carbonyl (C=O) groups excluding carboxylic acids is 1. The van der Waals surface area contributed by atoms with E-state index in [2.05, 4.69) is 15.9 Å². The zero-order chi connectivity index (χ0) is 12.4. The lowest BCUT2D eigenvalue weighted by molar-refractivity contribution is -0.169. The van der Waals surface area contributed by atoms with E-state index in [1.54, 1.807) is 20.8 Å². The van der Waals surface area contributed by atoms with Crippen LogP contribution in [0.15, 0.2) is 0 Å². The molecule has 0 saturated heterocycles. The number of nitrogens with two attached hydrogens (primary N) is 1. The number of rotatable bonds is 2. The first-order valence-corrected chi connectivity index (χ1v) is 5.06. The fourth-order valence-electron chi connectivity index (χ4n) is 0.671. The molecule has 0 rings (SSSR count). The highest BCUT2D eigenvalue weighted by molar-refractivity contribution is 9.10. The van der Waals surface area contributed by atoms with E-state index in [4.69, 9.17) is 10.5 Å². The first kappa shape index (κ1) is 14.7. The lowest BCUT2D eigenvalue weighted by Gasteiger charge is -2.25. The average Bonchev–Trinajstić information content (AvgIpc) is 1.96. The largest absolute Gasteiger partial charge is 0.459 e. The van der Waals surface area contributed by atoms with Crippen LogP contribution in [0.2, 0.25) is 0 Å². The Hall–Kier alpha value is -0.300. The lowest BCUT2D eigenvalue weighted by Crippen LogP contribution is -2.49. The first-order chi connectivity index (χ1) is 6.45. The minimum Gasteiger partial charge on any atom is -0.459 e. The topological polar surface area (TPSA) is 52.3 Å². The molecule has 0 aromatic heterocycles. The Morgan fingerprint density at radius 3 is 2.00 bits per heavy atom. The molecule has 2 N–H and O–H groups in total. The van der Waals surface area contributed by atoms with Crippen molar-refractivity contribution in [3.63, 3.8) is 0 Å². The molecule has 0 aliphatic heterocycles. The number of esters is 1. The van der Waals surface area contributed by atoms with Crippen molar-refractivity contribution < 1.29 is 22.7 Å². The van der Waals surface area contributed by atoms with Gasteiger partial charge in [0.2, 0.25) is 0 Å². The van der Waals surface area contributed by atoms with E-state index in [9.17, 15) is 18.0 Å². The van der Waals surface area contributed by atoms with E-state index in [-0.39, 0.29) is 0 Å². The highest BCUT2D eigenvalue weighted by atomic mass is 79.9. The van der Waals surface area contributed by atoms with E-state index < -0.39 is 28.6 Å². The third-order valence-electron chi connectivity index (χ3n) is 1.33. The van der Waals surface area contributed by atoms with Crippen LogP contribution in [0.1, 0.15) is 20.8 Å². The Morgan fingerprint density at radius 2 is 1.73 bits per heavy atom. The number of carbonyl (C=O) groups is 1. The molecule has 0 heterocycles. The molecule has 0 radical (unpaired) electrons. The van der Waals surface area contributed by atoms with Gasteiger partial charge in [-0.1, -0.05) is 15.9 Å². The Bertz CT molecular complexity index is 237. The van der Waals surface area contributed by atoms with Crippen molar-refractivity contribution in [2.45, 2.75) is 43.4 Å². The Balaban J connectivity index is 4.46. The molecule has 90 valence electrons. The van der Waals surface area contributed by atoms with Gasteiger partial charge in [-0.05, 0) is 20.8 Å². The SMILES string of the molecule is CC(C)(C)OC(=O)[C@@H](Br)[C@@H](N)C(F)(F)F. The molecule has 15 heavy (non-hydrogen) atoms. The molecule has 0 aromatic carbocycles. The summed E-state index contributed by atoms with van der Waals surface area (Å²) in [5.41, 5.74) is 4.00. The van der Waals surface area contributed by atoms with Crippen LogP contribution in [-0.4, -0.2) is 28.6 Å². The highest BCUT2D eigenvalue weighted by Gasteiger charge is 2.45. The van der Waals surface area contributed by atoms with Crippen LogP contribution in [0.5, 0.6) is 0 Å². The molecule has 0 amide bonds. The summed E-state index contributed by atoms with van der Waals surface area (Å²) < 4.78 is 41.1. The van der Waals surface area contributed by atoms with E-state index in [1.807, 2.05) is 0 Å². The first-order valence-electron chi connectivity index (χ1n) is 4.14. The number of ether oxygens (including phenoxy) is 1. The summed E-state index contributed by atoms with van der Waals surface area (Å²) in [6.07, 6.45) is -4.63. The summed E-state index contributed by atoms with van der Waals surface area (Å²) in [7, 11) is 0. The predicted octanol–water partition coefficient (Wildman–Crippen LogP) is 1.98. The molecule has 0 bridgehead atoms. The average molecular weight is 292 g/mol. The maximum atomic E-state index is 12.1.